The van der Waals surface area contributed by atoms with Gasteiger partial charge in [0.15, 0.2) is 0 Å². The maximum Gasteiger partial charge on any atom is 0.340 e. The number of esters is 1. The molecule has 0 bridgehead atoms. The van der Waals surface area contributed by atoms with Crippen LogP contribution in [-0.2, 0) is 24.9 Å². The molecule has 0 atom stereocenters. The van der Waals surface area contributed by atoms with Crippen molar-refractivity contribution in [1.82, 2.24) is 9.47 Å². The summed E-state index contributed by atoms with van der Waals surface area (Å²) in [6.07, 6.45) is 1.77. The highest BCUT2D eigenvalue weighted by atomic mass is 16.5. The Balaban J connectivity index is 2.11. The monoisotopic (exact) mass is 272 g/mol. The van der Waals surface area contributed by atoms with E-state index in [0.717, 1.165) is 24.0 Å². The van der Waals surface area contributed by atoms with Gasteiger partial charge in [0, 0.05) is 37.2 Å². The lowest BCUT2D eigenvalue weighted by atomic mass is 10.1. The van der Waals surface area contributed by atoms with Crippen molar-refractivity contribution in [2.75, 3.05) is 7.05 Å². The zero-order chi connectivity index (χ0) is 14.4. The van der Waals surface area contributed by atoms with E-state index in [2.05, 4.69) is 24.1 Å². The highest BCUT2D eigenvalue weighted by Gasteiger charge is 2.21. The number of ether oxygens (including phenoxy) is 1. The molecule has 2 heterocycles. The van der Waals surface area contributed by atoms with Gasteiger partial charge in [-0.05, 0) is 44.2 Å². The lowest BCUT2D eigenvalue weighted by Crippen LogP contribution is -2.11. The van der Waals surface area contributed by atoms with Gasteiger partial charge in [0.1, 0.15) is 0 Å². The standard InChI is InChI=1S/C16H20N2O2/c1-10(2)20-16(19)14-9-18(4)15-6-12-8-17(3)7-11(12)5-13(14)15/h5-6,9-10H,7-8H2,1-4H3. The number of carbonyl (C=O) groups excluding carboxylic acids is 1. The van der Waals surface area contributed by atoms with E-state index in [1.54, 1.807) is 0 Å². The third-order valence-electron chi connectivity index (χ3n) is 3.75. The van der Waals surface area contributed by atoms with Crippen LogP contribution in [0.5, 0.6) is 0 Å². The number of aromatic nitrogens is 1. The van der Waals surface area contributed by atoms with Crippen molar-refractivity contribution in [3.8, 4) is 0 Å². The lowest BCUT2D eigenvalue weighted by Gasteiger charge is -2.07. The predicted octanol–water partition coefficient (Wildman–Crippen LogP) is 2.69. The number of nitrogens with zero attached hydrogens (tertiary/aromatic N) is 2. The van der Waals surface area contributed by atoms with Crippen LogP contribution in [0, 0.1) is 0 Å². The lowest BCUT2D eigenvalue weighted by molar-refractivity contribution is 0.0380. The van der Waals surface area contributed by atoms with Gasteiger partial charge in [-0.3, -0.25) is 4.90 Å². The average molecular weight is 272 g/mol. The van der Waals surface area contributed by atoms with E-state index in [0.29, 0.717) is 5.56 Å². The fraction of sp³-hybridized carbons (Fsp3) is 0.438. The van der Waals surface area contributed by atoms with E-state index < -0.39 is 0 Å². The maximum atomic E-state index is 12.2. The SMILES string of the molecule is CC(C)OC(=O)c1cn(C)c2cc3c(cc12)CN(C)C3. The van der Waals surface area contributed by atoms with Gasteiger partial charge in [-0.2, -0.15) is 0 Å². The van der Waals surface area contributed by atoms with Crippen molar-refractivity contribution in [3.63, 3.8) is 0 Å². The fourth-order valence-electron chi connectivity index (χ4n) is 2.89. The van der Waals surface area contributed by atoms with Crippen LogP contribution in [0.4, 0.5) is 0 Å². The van der Waals surface area contributed by atoms with Crippen LogP contribution < -0.4 is 0 Å². The van der Waals surface area contributed by atoms with Crippen molar-refractivity contribution in [2.24, 2.45) is 7.05 Å². The molecule has 0 radical (unpaired) electrons. The Hall–Kier alpha value is -1.81. The molecule has 3 rings (SSSR count). The Labute approximate surface area is 118 Å². The molecule has 1 aromatic carbocycles. The molecule has 0 unspecified atom stereocenters. The summed E-state index contributed by atoms with van der Waals surface area (Å²) in [6.45, 7) is 5.66. The number of aryl methyl sites for hydroxylation is 1. The summed E-state index contributed by atoms with van der Waals surface area (Å²) in [4.78, 5) is 14.5. The number of hydrogen-bond donors (Lipinski definition) is 0. The summed E-state index contributed by atoms with van der Waals surface area (Å²) in [6, 6.07) is 4.34. The first-order valence-corrected chi connectivity index (χ1v) is 6.96. The highest BCUT2D eigenvalue weighted by molar-refractivity contribution is 6.04. The molecule has 106 valence electrons. The molecule has 1 aliphatic rings. The third kappa shape index (κ3) is 2.10. The third-order valence-corrected chi connectivity index (χ3v) is 3.75. The van der Waals surface area contributed by atoms with Crippen LogP contribution in [0.2, 0.25) is 0 Å². The minimum absolute atomic E-state index is 0.0988. The van der Waals surface area contributed by atoms with Crippen LogP contribution in [0.15, 0.2) is 18.3 Å². The minimum Gasteiger partial charge on any atom is -0.459 e. The van der Waals surface area contributed by atoms with Gasteiger partial charge in [-0.1, -0.05) is 0 Å². The Bertz CT molecular complexity index is 685. The average Bonchev–Trinajstić information content (AvgIpc) is 2.85. The van der Waals surface area contributed by atoms with Gasteiger partial charge >= 0.3 is 5.97 Å². The maximum absolute atomic E-state index is 12.2. The molecule has 1 aromatic heterocycles. The minimum atomic E-state index is -0.239. The first kappa shape index (κ1) is 13.2. The number of carbonyl (C=O) groups is 1. The largest absolute Gasteiger partial charge is 0.459 e. The first-order valence-electron chi connectivity index (χ1n) is 6.96. The van der Waals surface area contributed by atoms with Gasteiger partial charge in [-0.25, -0.2) is 4.79 Å². The molecule has 1 aliphatic heterocycles. The quantitative estimate of drug-likeness (QED) is 0.788. The Morgan fingerprint density at radius 1 is 1.20 bits per heavy atom. The van der Waals surface area contributed by atoms with Crippen LogP contribution in [0.25, 0.3) is 10.9 Å². The van der Waals surface area contributed by atoms with Crippen molar-refractivity contribution in [1.29, 1.82) is 0 Å². The van der Waals surface area contributed by atoms with Gasteiger partial charge in [0.2, 0.25) is 0 Å². The second-order valence-corrected chi connectivity index (χ2v) is 5.92. The summed E-state index contributed by atoms with van der Waals surface area (Å²) in [7, 11) is 4.08. The number of rotatable bonds is 2. The number of hydrogen-bond acceptors (Lipinski definition) is 3. The Kier molecular flexibility index (Phi) is 3.05. The van der Waals surface area contributed by atoms with Crippen molar-refractivity contribution in [3.05, 3.63) is 35.0 Å². The summed E-state index contributed by atoms with van der Waals surface area (Å²) < 4.78 is 7.34. The summed E-state index contributed by atoms with van der Waals surface area (Å²) in [5.74, 6) is -0.239. The molecule has 4 heteroatoms. The number of fused-ring (bicyclic) bond motifs is 2. The molecule has 0 amide bonds. The normalized spacial score (nSPS) is 15.1. The van der Waals surface area contributed by atoms with Crippen molar-refractivity contribution < 1.29 is 9.53 Å². The zero-order valence-electron chi connectivity index (χ0n) is 12.4. The molecule has 0 fully saturated rings. The summed E-state index contributed by atoms with van der Waals surface area (Å²) in [5.41, 5.74) is 4.41. The zero-order valence-corrected chi connectivity index (χ0v) is 12.4. The summed E-state index contributed by atoms with van der Waals surface area (Å²) >= 11 is 0. The fourth-order valence-corrected chi connectivity index (χ4v) is 2.89. The van der Waals surface area contributed by atoms with Crippen LogP contribution >= 0.6 is 0 Å². The summed E-state index contributed by atoms with van der Waals surface area (Å²) in [5, 5.41) is 0.993. The predicted molar refractivity (Wildman–Crippen MR) is 78.6 cm³/mol. The smallest absolute Gasteiger partial charge is 0.340 e. The van der Waals surface area contributed by atoms with E-state index in [-0.39, 0.29) is 12.1 Å². The van der Waals surface area contributed by atoms with Crippen LogP contribution in [0.1, 0.15) is 35.3 Å². The molecular formula is C16H20N2O2. The van der Waals surface area contributed by atoms with Gasteiger partial charge in [-0.15, -0.1) is 0 Å². The molecule has 20 heavy (non-hydrogen) atoms. The van der Waals surface area contributed by atoms with Gasteiger partial charge in [0.25, 0.3) is 0 Å². The molecule has 4 nitrogen and oxygen atoms in total. The second-order valence-electron chi connectivity index (χ2n) is 5.92. The van der Waals surface area contributed by atoms with Gasteiger partial charge in [0.05, 0.1) is 11.7 Å². The van der Waals surface area contributed by atoms with Gasteiger partial charge < -0.3 is 9.30 Å². The molecule has 0 aliphatic carbocycles. The van der Waals surface area contributed by atoms with Crippen molar-refractivity contribution in [2.45, 2.75) is 33.0 Å². The molecule has 0 spiro atoms. The second kappa shape index (κ2) is 4.63. The van der Waals surface area contributed by atoms with E-state index >= 15 is 0 Å². The molecule has 0 saturated heterocycles. The first-order chi connectivity index (χ1) is 9.45. The molecule has 0 N–H and O–H groups in total. The van der Waals surface area contributed by atoms with Crippen LogP contribution in [-0.4, -0.2) is 28.6 Å². The molecule has 0 saturated carbocycles. The van der Waals surface area contributed by atoms with Crippen LogP contribution in [0.3, 0.4) is 0 Å². The van der Waals surface area contributed by atoms with E-state index in [9.17, 15) is 4.79 Å². The topological polar surface area (TPSA) is 34.5 Å². The molecular weight excluding hydrogens is 252 g/mol. The van der Waals surface area contributed by atoms with E-state index in [4.69, 9.17) is 4.74 Å². The van der Waals surface area contributed by atoms with Crippen molar-refractivity contribution >= 4 is 16.9 Å². The highest BCUT2D eigenvalue weighted by Crippen LogP contribution is 2.30. The Morgan fingerprint density at radius 3 is 2.50 bits per heavy atom. The Morgan fingerprint density at radius 2 is 1.85 bits per heavy atom. The van der Waals surface area contributed by atoms with E-state index in [1.165, 1.54) is 11.1 Å². The number of benzene rings is 1. The molecule has 2 aromatic rings. The van der Waals surface area contributed by atoms with E-state index in [1.807, 2.05) is 31.7 Å².